The second-order valence-corrected chi connectivity index (χ2v) is 10.5. The van der Waals surface area contributed by atoms with Crippen molar-refractivity contribution in [2.75, 3.05) is 11.9 Å². The second-order valence-electron chi connectivity index (χ2n) is 8.74. The summed E-state index contributed by atoms with van der Waals surface area (Å²) in [6.45, 7) is 6.94. The molecular formula is C25H30N2O5S. The summed E-state index contributed by atoms with van der Waals surface area (Å²) in [6.07, 6.45) is 1.61. The van der Waals surface area contributed by atoms with Crippen LogP contribution < -0.4 is 10.0 Å². The summed E-state index contributed by atoms with van der Waals surface area (Å²) in [6, 6.07) is 17.8. The van der Waals surface area contributed by atoms with Gasteiger partial charge in [0.15, 0.2) is 0 Å². The minimum absolute atomic E-state index is 0.00113. The van der Waals surface area contributed by atoms with E-state index in [1.54, 1.807) is 30.5 Å². The zero-order valence-corrected chi connectivity index (χ0v) is 19.9. The minimum atomic E-state index is -3.68. The Kier molecular flexibility index (Phi) is 8.07. The molecule has 0 unspecified atom stereocenters. The summed E-state index contributed by atoms with van der Waals surface area (Å²) in [5.41, 5.74) is 2.52. The lowest BCUT2D eigenvalue weighted by Crippen LogP contribution is -2.28. The highest BCUT2D eigenvalue weighted by Crippen LogP contribution is 2.23. The van der Waals surface area contributed by atoms with Gasteiger partial charge in [0.25, 0.3) is 0 Å². The molecule has 7 nitrogen and oxygen atoms in total. The first-order valence-corrected chi connectivity index (χ1v) is 12.2. The van der Waals surface area contributed by atoms with Crippen molar-refractivity contribution in [3.8, 4) is 0 Å². The molecular weight excluding hydrogens is 440 g/mol. The van der Waals surface area contributed by atoms with Crippen molar-refractivity contribution in [3.63, 3.8) is 0 Å². The Balaban J connectivity index is 1.46. The van der Waals surface area contributed by atoms with E-state index in [-0.39, 0.29) is 29.2 Å². The number of hydrogen-bond donors (Lipinski definition) is 2. The fourth-order valence-electron chi connectivity index (χ4n) is 3.14. The molecule has 3 rings (SSSR count). The van der Waals surface area contributed by atoms with E-state index in [2.05, 4.69) is 30.8 Å². The molecule has 0 aliphatic rings. The molecule has 0 fully saturated rings. The van der Waals surface area contributed by atoms with Crippen LogP contribution in [0.15, 0.2) is 76.2 Å². The van der Waals surface area contributed by atoms with Gasteiger partial charge in [0.1, 0.15) is 12.4 Å². The number of furan rings is 1. The zero-order chi connectivity index (χ0) is 23.9. The predicted octanol–water partition coefficient (Wildman–Crippen LogP) is 4.60. The molecule has 8 heteroatoms. The molecule has 0 atom stereocenters. The normalized spacial score (nSPS) is 12.0. The first-order valence-electron chi connectivity index (χ1n) is 10.7. The Hall–Kier alpha value is -2.94. The van der Waals surface area contributed by atoms with Gasteiger partial charge in [-0.15, -0.1) is 0 Å². The zero-order valence-electron chi connectivity index (χ0n) is 19.1. The molecule has 0 saturated heterocycles. The van der Waals surface area contributed by atoms with Crippen LogP contribution >= 0.6 is 0 Å². The van der Waals surface area contributed by atoms with E-state index in [0.717, 1.165) is 16.9 Å². The van der Waals surface area contributed by atoms with E-state index in [1.807, 2.05) is 36.4 Å². The highest BCUT2D eigenvalue weighted by Gasteiger charge is 2.17. The van der Waals surface area contributed by atoms with E-state index < -0.39 is 10.0 Å². The third kappa shape index (κ3) is 7.56. The van der Waals surface area contributed by atoms with E-state index in [0.29, 0.717) is 18.9 Å². The van der Waals surface area contributed by atoms with Gasteiger partial charge in [0.2, 0.25) is 15.9 Å². The van der Waals surface area contributed by atoms with Gasteiger partial charge in [0.05, 0.1) is 17.8 Å². The van der Waals surface area contributed by atoms with Crippen molar-refractivity contribution in [2.24, 2.45) is 0 Å². The molecule has 0 aliphatic heterocycles. The fourth-order valence-corrected chi connectivity index (χ4v) is 4.17. The molecule has 2 N–H and O–H groups in total. The van der Waals surface area contributed by atoms with Gasteiger partial charge in [0, 0.05) is 18.7 Å². The van der Waals surface area contributed by atoms with Gasteiger partial charge >= 0.3 is 0 Å². The topological polar surface area (TPSA) is 97.6 Å². The van der Waals surface area contributed by atoms with Gasteiger partial charge in [-0.3, -0.25) is 4.79 Å². The molecule has 3 aromatic rings. The molecule has 0 bridgehead atoms. The molecule has 0 aliphatic carbocycles. The second kappa shape index (κ2) is 10.8. The maximum absolute atomic E-state index is 12.5. The molecule has 1 amide bonds. The standard InChI is InChI=1S/C25H30N2O5S/c1-25(2,3)20-9-11-23(12-10-20)33(29,30)26-14-13-24(28)27-21-7-4-6-19(16-21)17-31-18-22-8-5-15-32-22/h4-12,15-16,26H,13-14,17-18H2,1-3H3,(H,27,28). The highest BCUT2D eigenvalue weighted by atomic mass is 32.2. The Labute approximate surface area is 195 Å². The number of rotatable bonds is 10. The van der Waals surface area contributed by atoms with Crippen LogP contribution in [0.5, 0.6) is 0 Å². The van der Waals surface area contributed by atoms with Crippen LogP contribution in [0.4, 0.5) is 5.69 Å². The number of carbonyl (C=O) groups is 1. The SMILES string of the molecule is CC(C)(C)c1ccc(S(=O)(=O)NCCC(=O)Nc2cccc(COCc3ccco3)c2)cc1. The van der Waals surface area contributed by atoms with Crippen molar-refractivity contribution in [1.82, 2.24) is 4.72 Å². The van der Waals surface area contributed by atoms with E-state index in [1.165, 1.54) is 0 Å². The minimum Gasteiger partial charge on any atom is -0.467 e. The van der Waals surface area contributed by atoms with Gasteiger partial charge in [-0.2, -0.15) is 0 Å². The van der Waals surface area contributed by atoms with Crippen LogP contribution in [0, 0.1) is 0 Å². The van der Waals surface area contributed by atoms with Crippen LogP contribution in [-0.4, -0.2) is 20.9 Å². The van der Waals surface area contributed by atoms with E-state index in [9.17, 15) is 13.2 Å². The number of nitrogens with one attached hydrogen (secondary N) is 2. The van der Waals surface area contributed by atoms with E-state index >= 15 is 0 Å². The molecule has 2 aromatic carbocycles. The number of sulfonamides is 1. The molecule has 1 aromatic heterocycles. The summed E-state index contributed by atoms with van der Waals surface area (Å²) in [4.78, 5) is 12.5. The van der Waals surface area contributed by atoms with Gasteiger partial charge in [-0.05, 0) is 52.9 Å². The maximum Gasteiger partial charge on any atom is 0.240 e. The Morgan fingerprint density at radius 1 is 1.00 bits per heavy atom. The Morgan fingerprint density at radius 3 is 2.42 bits per heavy atom. The van der Waals surface area contributed by atoms with E-state index in [4.69, 9.17) is 9.15 Å². The lowest BCUT2D eigenvalue weighted by Gasteiger charge is -2.19. The lowest BCUT2D eigenvalue weighted by molar-refractivity contribution is -0.116. The van der Waals surface area contributed by atoms with Crippen molar-refractivity contribution in [3.05, 3.63) is 83.8 Å². The maximum atomic E-state index is 12.5. The number of benzene rings is 2. The quantitative estimate of drug-likeness (QED) is 0.451. The Morgan fingerprint density at radius 2 is 1.76 bits per heavy atom. The molecule has 0 saturated carbocycles. The highest BCUT2D eigenvalue weighted by molar-refractivity contribution is 7.89. The number of anilines is 1. The number of carbonyl (C=O) groups excluding carboxylic acids is 1. The van der Waals surface area contributed by atoms with Crippen molar-refractivity contribution in [1.29, 1.82) is 0 Å². The van der Waals surface area contributed by atoms with Gasteiger partial charge in [-0.1, -0.05) is 45.0 Å². The van der Waals surface area contributed by atoms with Crippen molar-refractivity contribution >= 4 is 21.6 Å². The Bertz CT molecular complexity index is 1150. The molecule has 33 heavy (non-hydrogen) atoms. The first kappa shape index (κ1) is 24.7. The lowest BCUT2D eigenvalue weighted by atomic mass is 9.87. The summed E-state index contributed by atoms with van der Waals surface area (Å²) < 4.78 is 38.3. The smallest absolute Gasteiger partial charge is 0.240 e. The summed E-state index contributed by atoms with van der Waals surface area (Å²) in [7, 11) is -3.68. The van der Waals surface area contributed by atoms with Gasteiger partial charge in [-0.25, -0.2) is 13.1 Å². The largest absolute Gasteiger partial charge is 0.467 e. The van der Waals surface area contributed by atoms with Crippen molar-refractivity contribution in [2.45, 2.75) is 50.7 Å². The molecule has 0 radical (unpaired) electrons. The van der Waals surface area contributed by atoms with Crippen LogP contribution in [0.25, 0.3) is 0 Å². The predicted molar refractivity (Wildman–Crippen MR) is 127 cm³/mol. The van der Waals surface area contributed by atoms with Gasteiger partial charge < -0.3 is 14.5 Å². The van der Waals surface area contributed by atoms with Crippen LogP contribution in [-0.2, 0) is 38.2 Å². The summed E-state index contributed by atoms with van der Waals surface area (Å²) >= 11 is 0. The summed E-state index contributed by atoms with van der Waals surface area (Å²) in [5, 5.41) is 2.79. The average molecular weight is 471 g/mol. The van der Waals surface area contributed by atoms with Crippen molar-refractivity contribution < 1.29 is 22.4 Å². The number of ether oxygens (including phenoxy) is 1. The molecule has 1 heterocycles. The third-order valence-corrected chi connectivity index (χ3v) is 6.46. The third-order valence-electron chi connectivity index (χ3n) is 4.98. The van der Waals surface area contributed by atoms with Crippen LogP contribution in [0.1, 0.15) is 44.1 Å². The monoisotopic (exact) mass is 470 g/mol. The first-order chi connectivity index (χ1) is 15.6. The summed E-state index contributed by atoms with van der Waals surface area (Å²) in [5.74, 6) is 0.460. The fraction of sp³-hybridized carbons (Fsp3) is 0.320. The average Bonchev–Trinajstić information content (AvgIpc) is 3.27. The molecule has 0 spiro atoms. The van der Waals surface area contributed by atoms with Crippen LogP contribution in [0.3, 0.4) is 0 Å². The number of hydrogen-bond acceptors (Lipinski definition) is 5. The van der Waals surface area contributed by atoms with Crippen LogP contribution in [0.2, 0.25) is 0 Å². The number of amides is 1. The molecule has 176 valence electrons.